The van der Waals surface area contributed by atoms with Gasteiger partial charge >= 0.3 is 5.97 Å². The van der Waals surface area contributed by atoms with Gasteiger partial charge in [-0.3, -0.25) is 0 Å². The third kappa shape index (κ3) is 4.56. The van der Waals surface area contributed by atoms with E-state index in [1.54, 1.807) is 0 Å². The van der Waals surface area contributed by atoms with Gasteiger partial charge in [0.25, 0.3) is 0 Å². The average Bonchev–Trinajstić information content (AvgIpc) is 3.17. The minimum atomic E-state index is -0.436. The second-order valence-electron chi connectivity index (χ2n) is 3.96. The van der Waals surface area contributed by atoms with Crippen molar-refractivity contribution in [2.24, 2.45) is 5.92 Å². The van der Waals surface area contributed by atoms with Crippen LogP contribution in [0.4, 0.5) is 0 Å². The van der Waals surface area contributed by atoms with E-state index in [1.165, 1.54) is 0 Å². The molecule has 1 fully saturated rings. The highest BCUT2D eigenvalue weighted by atomic mass is 16.5. The Balaban J connectivity index is 1.70. The first kappa shape index (κ1) is 11.5. The normalized spacial score (nSPS) is 14.1. The zero-order chi connectivity index (χ0) is 11.9. The van der Waals surface area contributed by atoms with E-state index in [0.29, 0.717) is 5.92 Å². The van der Waals surface area contributed by atoms with Crippen molar-refractivity contribution in [1.29, 1.82) is 0 Å². The monoisotopic (exact) mass is 226 g/mol. The molecular formula is C15H14O2. The zero-order valence-electron chi connectivity index (χ0n) is 9.56. The smallest absolute Gasteiger partial charge is 0.384 e. The SMILES string of the molecule is O=C(C#CC1CC1)OC/C=C/c1ccccc1. The van der Waals surface area contributed by atoms with Crippen molar-refractivity contribution in [3.8, 4) is 11.8 Å². The number of carbonyl (C=O) groups excluding carboxylic acids is 1. The maximum Gasteiger partial charge on any atom is 0.384 e. The van der Waals surface area contributed by atoms with E-state index in [-0.39, 0.29) is 6.61 Å². The van der Waals surface area contributed by atoms with E-state index in [4.69, 9.17) is 4.74 Å². The molecule has 17 heavy (non-hydrogen) atoms. The van der Waals surface area contributed by atoms with E-state index in [2.05, 4.69) is 11.8 Å². The standard InChI is InChI=1S/C15H14O2/c16-15(11-10-14-8-9-14)17-12-4-7-13-5-2-1-3-6-13/h1-7,14H,8-9,12H2/b7-4+. The van der Waals surface area contributed by atoms with Crippen molar-refractivity contribution in [2.75, 3.05) is 6.61 Å². The molecule has 0 N–H and O–H groups in total. The molecule has 1 aliphatic carbocycles. The van der Waals surface area contributed by atoms with Gasteiger partial charge in [0.05, 0.1) is 0 Å². The van der Waals surface area contributed by atoms with E-state index in [0.717, 1.165) is 18.4 Å². The van der Waals surface area contributed by atoms with Crippen LogP contribution in [0.2, 0.25) is 0 Å². The average molecular weight is 226 g/mol. The van der Waals surface area contributed by atoms with Crippen molar-refractivity contribution in [3.05, 3.63) is 42.0 Å². The van der Waals surface area contributed by atoms with E-state index in [9.17, 15) is 4.79 Å². The third-order valence-corrected chi connectivity index (χ3v) is 2.38. The lowest BCUT2D eigenvalue weighted by atomic mass is 10.2. The molecule has 0 spiro atoms. The second kappa shape index (κ2) is 5.91. The fourth-order valence-corrected chi connectivity index (χ4v) is 1.30. The Kier molecular flexibility index (Phi) is 3.99. The molecule has 0 saturated heterocycles. The molecule has 0 bridgehead atoms. The van der Waals surface area contributed by atoms with Gasteiger partial charge in [0, 0.05) is 11.8 Å². The first-order valence-corrected chi connectivity index (χ1v) is 5.74. The molecule has 0 aromatic heterocycles. The largest absolute Gasteiger partial charge is 0.452 e. The van der Waals surface area contributed by atoms with Gasteiger partial charge in [0.1, 0.15) is 6.61 Å². The van der Waals surface area contributed by atoms with Crippen molar-refractivity contribution in [3.63, 3.8) is 0 Å². The Morgan fingerprint density at radius 2 is 2.12 bits per heavy atom. The predicted molar refractivity (Wildman–Crippen MR) is 66.9 cm³/mol. The van der Waals surface area contributed by atoms with Crippen LogP contribution >= 0.6 is 0 Å². The molecule has 0 aliphatic heterocycles. The van der Waals surface area contributed by atoms with E-state index < -0.39 is 5.97 Å². The topological polar surface area (TPSA) is 26.3 Å². The Hall–Kier alpha value is -2.01. The molecule has 1 saturated carbocycles. The summed E-state index contributed by atoms with van der Waals surface area (Å²) in [5.41, 5.74) is 1.09. The molecular weight excluding hydrogens is 212 g/mol. The van der Waals surface area contributed by atoms with Gasteiger partial charge in [-0.15, -0.1) is 0 Å². The second-order valence-corrected chi connectivity index (χ2v) is 3.96. The Bertz CT molecular complexity index is 459. The molecule has 2 nitrogen and oxygen atoms in total. The summed E-state index contributed by atoms with van der Waals surface area (Å²) in [7, 11) is 0. The minimum Gasteiger partial charge on any atom is -0.452 e. The highest BCUT2D eigenvalue weighted by molar-refractivity contribution is 5.88. The summed E-state index contributed by atoms with van der Waals surface area (Å²) in [4.78, 5) is 11.2. The number of rotatable bonds is 3. The number of hydrogen-bond donors (Lipinski definition) is 0. The lowest BCUT2D eigenvalue weighted by Gasteiger charge is -1.94. The molecule has 1 aromatic rings. The molecule has 0 atom stereocenters. The molecule has 0 unspecified atom stereocenters. The van der Waals surface area contributed by atoms with Gasteiger partial charge in [-0.05, 0) is 24.5 Å². The van der Waals surface area contributed by atoms with Crippen LogP contribution in [0.25, 0.3) is 6.08 Å². The Labute approximate surface area is 101 Å². The molecule has 1 aliphatic rings. The lowest BCUT2D eigenvalue weighted by Crippen LogP contribution is -2.00. The molecule has 86 valence electrons. The van der Waals surface area contributed by atoms with Crippen molar-refractivity contribution < 1.29 is 9.53 Å². The molecule has 0 amide bonds. The summed E-state index contributed by atoms with van der Waals surface area (Å²) >= 11 is 0. The van der Waals surface area contributed by atoms with Crippen molar-refractivity contribution in [1.82, 2.24) is 0 Å². The van der Waals surface area contributed by atoms with Crippen LogP contribution in [0.5, 0.6) is 0 Å². The molecule has 0 heterocycles. The lowest BCUT2D eigenvalue weighted by molar-refractivity contribution is -0.135. The molecule has 2 rings (SSSR count). The van der Waals surface area contributed by atoms with Crippen LogP contribution in [0.1, 0.15) is 18.4 Å². The molecule has 1 aromatic carbocycles. The fourth-order valence-electron chi connectivity index (χ4n) is 1.30. The van der Waals surface area contributed by atoms with Crippen molar-refractivity contribution in [2.45, 2.75) is 12.8 Å². The van der Waals surface area contributed by atoms with Crippen molar-refractivity contribution >= 4 is 12.0 Å². The van der Waals surface area contributed by atoms with Gasteiger partial charge in [-0.2, -0.15) is 0 Å². The van der Waals surface area contributed by atoms with Crippen LogP contribution < -0.4 is 0 Å². The number of benzene rings is 1. The molecule has 0 radical (unpaired) electrons. The summed E-state index contributed by atoms with van der Waals surface area (Å²) in [6.07, 6.45) is 5.97. The zero-order valence-corrected chi connectivity index (χ0v) is 9.56. The van der Waals surface area contributed by atoms with Crippen LogP contribution in [-0.2, 0) is 9.53 Å². The number of hydrogen-bond acceptors (Lipinski definition) is 2. The van der Waals surface area contributed by atoms with Gasteiger partial charge < -0.3 is 4.74 Å². The summed E-state index contributed by atoms with van der Waals surface area (Å²) in [5.74, 6) is 5.36. The van der Waals surface area contributed by atoms with Gasteiger partial charge in [0.2, 0.25) is 0 Å². The van der Waals surface area contributed by atoms with Gasteiger partial charge in [-0.25, -0.2) is 4.79 Å². The highest BCUT2D eigenvalue weighted by Crippen LogP contribution is 2.27. The van der Waals surface area contributed by atoms with Crippen LogP contribution in [0.3, 0.4) is 0 Å². The number of carbonyl (C=O) groups is 1. The maximum atomic E-state index is 11.2. The summed E-state index contributed by atoms with van der Waals surface area (Å²) < 4.78 is 4.94. The third-order valence-electron chi connectivity index (χ3n) is 2.38. The first-order valence-electron chi connectivity index (χ1n) is 5.74. The number of ether oxygens (including phenoxy) is 1. The minimum absolute atomic E-state index is 0.271. The maximum absolute atomic E-state index is 11.2. The quantitative estimate of drug-likeness (QED) is 0.450. The van der Waals surface area contributed by atoms with Gasteiger partial charge in [0.15, 0.2) is 0 Å². The van der Waals surface area contributed by atoms with Crippen LogP contribution in [0, 0.1) is 17.8 Å². The molecule has 2 heteroatoms. The van der Waals surface area contributed by atoms with E-state index >= 15 is 0 Å². The predicted octanol–water partition coefficient (Wildman–Crippen LogP) is 2.66. The highest BCUT2D eigenvalue weighted by Gasteiger charge is 2.18. The first-order chi connectivity index (χ1) is 8.34. The fraction of sp³-hybridized carbons (Fsp3) is 0.267. The van der Waals surface area contributed by atoms with E-state index in [1.807, 2.05) is 42.5 Å². The number of esters is 1. The van der Waals surface area contributed by atoms with Crippen LogP contribution in [-0.4, -0.2) is 12.6 Å². The summed E-state index contributed by atoms with van der Waals surface area (Å²) in [6, 6.07) is 9.88. The van der Waals surface area contributed by atoms with Gasteiger partial charge in [-0.1, -0.05) is 42.3 Å². The summed E-state index contributed by atoms with van der Waals surface area (Å²) in [6.45, 7) is 0.271. The summed E-state index contributed by atoms with van der Waals surface area (Å²) in [5, 5.41) is 0. The Morgan fingerprint density at radius 1 is 1.35 bits per heavy atom. The van der Waals surface area contributed by atoms with Crippen LogP contribution in [0.15, 0.2) is 36.4 Å². The Morgan fingerprint density at radius 3 is 2.82 bits per heavy atom.